The van der Waals surface area contributed by atoms with E-state index in [0.29, 0.717) is 6.04 Å². The minimum absolute atomic E-state index is 0.584. The van der Waals surface area contributed by atoms with Crippen molar-refractivity contribution in [2.45, 2.75) is 32.4 Å². The van der Waals surface area contributed by atoms with Crippen molar-refractivity contribution in [3.05, 3.63) is 0 Å². The molecule has 1 N–H and O–H groups in total. The summed E-state index contributed by atoms with van der Waals surface area (Å²) < 4.78 is 0. The summed E-state index contributed by atoms with van der Waals surface area (Å²) in [6.45, 7) is 5.62. The highest BCUT2D eigenvalue weighted by Crippen LogP contribution is 2.08. The second-order valence-electron chi connectivity index (χ2n) is 3.65. The number of hydrogen-bond acceptors (Lipinski definition) is 3. The van der Waals surface area contributed by atoms with Crippen LogP contribution < -0.4 is 5.32 Å². The molecule has 2 unspecified atom stereocenters. The molecule has 2 nitrogen and oxygen atoms in total. The fourth-order valence-corrected chi connectivity index (χ4v) is 2.30. The van der Waals surface area contributed by atoms with Crippen LogP contribution in [0, 0.1) is 0 Å². The molecule has 0 aliphatic heterocycles. The zero-order chi connectivity index (χ0) is 10.3. The molecule has 13 heavy (non-hydrogen) atoms. The fourth-order valence-electron chi connectivity index (χ4n) is 1.42. The number of thioether (sulfide) groups is 1. The molecule has 0 aromatic rings. The average molecular weight is 204 g/mol. The minimum Gasteiger partial charge on any atom is -0.316 e. The van der Waals surface area contributed by atoms with Crippen LogP contribution in [0.15, 0.2) is 0 Å². The maximum Gasteiger partial charge on any atom is 0.0181 e. The molecule has 0 heterocycles. The van der Waals surface area contributed by atoms with Crippen molar-refractivity contribution < 1.29 is 0 Å². The van der Waals surface area contributed by atoms with Crippen molar-refractivity contribution in [1.29, 1.82) is 0 Å². The first-order valence-electron chi connectivity index (χ1n) is 5.02. The van der Waals surface area contributed by atoms with Crippen LogP contribution in [0.3, 0.4) is 0 Å². The number of hydrogen-bond donors (Lipinski definition) is 1. The number of nitrogens with zero attached hydrogens (tertiary/aromatic N) is 1. The first-order chi connectivity index (χ1) is 6.15. The molecule has 2 atom stereocenters. The van der Waals surface area contributed by atoms with Gasteiger partial charge in [-0.2, -0.15) is 11.8 Å². The van der Waals surface area contributed by atoms with Crippen LogP contribution in [0.1, 0.15) is 20.3 Å². The van der Waals surface area contributed by atoms with Crippen LogP contribution in [0.5, 0.6) is 0 Å². The van der Waals surface area contributed by atoms with Crippen molar-refractivity contribution in [3.8, 4) is 0 Å². The highest BCUT2D eigenvalue weighted by Gasteiger charge is 2.13. The standard InChI is InChI=1S/C10H24N2S/c1-6-10(8-13-5)12(4)7-9(2)11-3/h9-11H,6-8H2,1-5H3. The monoisotopic (exact) mass is 204 g/mol. The van der Waals surface area contributed by atoms with Gasteiger partial charge in [0.05, 0.1) is 0 Å². The van der Waals surface area contributed by atoms with Crippen molar-refractivity contribution in [2.75, 3.05) is 32.6 Å². The highest BCUT2D eigenvalue weighted by atomic mass is 32.2. The summed E-state index contributed by atoms with van der Waals surface area (Å²) >= 11 is 1.94. The Balaban J connectivity index is 3.82. The predicted octanol–water partition coefficient (Wildman–Crippen LogP) is 1.67. The number of rotatable bonds is 7. The van der Waals surface area contributed by atoms with Gasteiger partial charge in [-0.05, 0) is 33.7 Å². The first kappa shape index (κ1) is 13.3. The summed E-state index contributed by atoms with van der Waals surface area (Å²) in [4.78, 5) is 2.46. The second kappa shape index (κ2) is 7.65. The summed E-state index contributed by atoms with van der Waals surface area (Å²) in [5, 5.41) is 3.27. The Morgan fingerprint density at radius 2 is 2.08 bits per heavy atom. The summed E-state index contributed by atoms with van der Waals surface area (Å²) in [6, 6.07) is 1.31. The van der Waals surface area contributed by atoms with E-state index in [1.54, 1.807) is 0 Å². The Morgan fingerprint density at radius 3 is 2.46 bits per heavy atom. The van der Waals surface area contributed by atoms with Gasteiger partial charge in [-0.3, -0.25) is 0 Å². The van der Waals surface area contributed by atoms with Crippen molar-refractivity contribution >= 4 is 11.8 Å². The van der Waals surface area contributed by atoms with E-state index >= 15 is 0 Å². The van der Waals surface area contributed by atoms with Crippen LogP contribution in [-0.2, 0) is 0 Å². The Hall–Kier alpha value is 0.270. The van der Waals surface area contributed by atoms with E-state index in [2.05, 4.69) is 37.4 Å². The predicted molar refractivity (Wildman–Crippen MR) is 63.6 cm³/mol. The third kappa shape index (κ3) is 5.55. The lowest BCUT2D eigenvalue weighted by Crippen LogP contribution is -2.41. The fraction of sp³-hybridized carbons (Fsp3) is 1.00. The van der Waals surface area contributed by atoms with Crippen LogP contribution >= 0.6 is 11.8 Å². The topological polar surface area (TPSA) is 15.3 Å². The average Bonchev–Trinajstić information content (AvgIpc) is 2.13. The highest BCUT2D eigenvalue weighted by molar-refractivity contribution is 7.98. The van der Waals surface area contributed by atoms with E-state index < -0.39 is 0 Å². The van der Waals surface area contributed by atoms with E-state index in [-0.39, 0.29) is 0 Å². The van der Waals surface area contributed by atoms with Crippen LogP contribution in [-0.4, -0.2) is 49.6 Å². The quantitative estimate of drug-likeness (QED) is 0.679. The molecule has 3 heteroatoms. The molecule has 0 saturated carbocycles. The van der Waals surface area contributed by atoms with E-state index in [4.69, 9.17) is 0 Å². The Labute approximate surface area is 87.5 Å². The van der Waals surface area contributed by atoms with Gasteiger partial charge in [0.1, 0.15) is 0 Å². The Bertz CT molecular complexity index is 119. The molecule has 0 aromatic carbocycles. The zero-order valence-corrected chi connectivity index (χ0v) is 10.4. The van der Waals surface area contributed by atoms with Gasteiger partial charge in [-0.25, -0.2) is 0 Å². The molecule has 0 radical (unpaired) electrons. The molecule has 0 spiro atoms. The van der Waals surface area contributed by atoms with Crippen LogP contribution in [0.25, 0.3) is 0 Å². The van der Waals surface area contributed by atoms with Gasteiger partial charge in [-0.15, -0.1) is 0 Å². The van der Waals surface area contributed by atoms with Crippen LogP contribution in [0.2, 0.25) is 0 Å². The lowest BCUT2D eigenvalue weighted by molar-refractivity contribution is 0.236. The van der Waals surface area contributed by atoms with Crippen molar-refractivity contribution in [1.82, 2.24) is 10.2 Å². The van der Waals surface area contributed by atoms with Crippen LogP contribution in [0.4, 0.5) is 0 Å². The molecule has 0 aliphatic carbocycles. The lowest BCUT2D eigenvalue weighted by atomic mass is 10.2. The molecule has 0 aromatic heterocycles. The molecule has 0 amide bonds. The van der Waals surface area contributed by atoms with Gasteiger partial charge in [0.2, 0.25) is 0 Å². The second-order valence-corrected chi connectivity index (χ2v) is 4.56. The third-order valence-electron chi connectivity index (χ3n) is 2.51. The van der Waals surface area contributed by atoms with Crippen molar-refractivity contribution in [3.63, 3.8) is 0 Å². The normalized spacial score (nSPS) is 16.2. The van der Waals surface area contributed by atoms with E-state index in [1.807, 2.05) is 18.8 Å². The van der Waals surface area contributed by atoms with Gasteiger partial charge in [0, 0.05) is 24.4 Å². The van der Waals surface area contributed by atoms with Crippen molar-refractivity contribution in [2.24, 2.45) is 0 Å². The molecule has 80 valence electrons. The Morgan fingerprint density at radius 1 is 1.46 bits per heavy atom. The Kier molecular flexibility index (Phi) is 7.81. The SMILES string of the molecule is CCC(CSC)N(C)CC(C)NC. The third-order valence-corrected chi connectivity index (χ3v) is 3.23. The summed E-state index contributed by atoms with van der Waals surface area (Å²) in [5.74, 6) is 1.24. The van der Waals surface area contributed by atoms with Gasteiger partial charge >= 0.3 is 0 Å². The number of likely N-dealkylation sites (N-methyl/N-ethyl adjacent to an activating group) is 2. The molecule has 0 fully saturated rings. The minimum atomic E-state index is 0.584. The molecule has 0 saturated heterocycles. The van der Waals surface area contributed by atoms with Gasteiger partial charge in [0.15, 0.2) is 0 Å². The largest absolute Gasteiger partial charge is 0.316 e. The summed E-state index contributed by atoms with van der Waals surface area (Å²) in [6.07, 6.45) is 3.42. The van der Waals surface area contributed by atoms with Gasteiger partial charge in [-0.1, -0.05) is 6.92 Å². The first-order valence-corrected chi connectivity index (χ1v) is 6.41. The summed E-state index contributed by atoms with van der Waals surface area (Å²) in [7, 11) is 4.24. The molecule has 0 bridgehead atoms. The maximum absolute atomic E-state index is 3.27. The molecule has 0 aliphatic rings. The van der Waals surface area contributed by atoms with Gasteiger partial charge in [0.25, 0.3) is 0 Å². The smallest absolute Gasteiger partial charge is 0.0181 e. The lowest BCUT2D eigenvalue weighted by Gasteiger charge is -2.28. The summed E-state index contributed by atoms with van der Waals surface area (Å²) in [5.41, 5.74) is 0. The van der Waals surface area contributed by atoms with E-state index in [9.17, 15) is 0 Å². The van der Waals surface area contributed by atoms with E-state index in [1.165, 1.54) is 12.2 Å². The molecular formula is C10H24N2S. The van der Waals surface area contributed by atoms with Gasteiger partial charge < -0.3 is 10.2 Å². The van der Waals surface area contributed by atoms with E-state index in [0.717, 1.165) is 12.6 Å². The zero-order valence-electron chi connectivity index (χ0n) is 9.63. The maximum atomic E-state index is 3.27. The molecule has 0 rings (SSSR count). The number of nitrogens with one attached hydrogen (secondary N) is 1. The molecular weight excluding hydrogens is 180 g/mol.